The van der Waals surface area contributed by atoms with Crippen molar-refractivity contribution >= 4 is 23.3 Å². The molecule has 126 valence electrons. The number of hydrogen-bond acceptors (Lipinski definition) is 5. The molecule has 2 unspecified atom stereocenters. The van der Waals surface area contributed by atoms with E-state index in [1.54, 1.807) is 13.8 Å². The first-order chi connectivity index (χ1) is 10.0. The molecule has 4 nitrogen and oxygen atoms in total. The highest BCUT2D eigenvalue weighted by atomic mass is 32.2. The summed E-state index contributed by atoms with van der Waals surface area (Å²) in [6.45, 7) is 7.27. The van der Waals surface area contributed by atoms with Crippen LogP contribution in [0, 0.1) is 0 Å². The van der Waals surface area contributed by atoms with Crippen LogP contribution in [0.5, 0.6) is 0 Å². The summed E-state index contributed by atoms with van der Waals surface area (Å²) in [5.41, 5.74) is 0. The van der Waals surface area contributed by atoms with Gasteiger partial charge in [-0.25, -0.2) is 0 Å². The molecular weight excluding hydrogens is 284 g/mol. The number of ketones is 2. The molecule has 0 bridgehead atoms. The third kappa shape index (κ3) is 13.0. The average Bonchev–Trinajstić information content (AvgIpc) is 2.47. The predicted molar refractivity (Wildman–Crippen MR) is 94.2 cm³/mol. The normalized spacial score (nSPS) is 13.0. The van der Waals surface area contributed by atoms with E-state index in [2.05, 4.69) is 10.6 Å². The van der Waals surface area contributed by atoms with Crippen LogP contribution in [-0.2, 0) is 9.59 Å². The van der Waals surface area contributed by atoms with E-state index in [1.807, 2.05) is 39.7 Å². The van der Waals surface area contributed by atoms with E-state index in [0.717, 1.165) is 37.2 Å². The monoisotopic (exact) mass is 318 g/mol. The van der Waals surface area contributed by atoms with Crippen LogP contribution in [0.25, 0.3) is 0 Å². The minimum Gasteiger partial charge on any atom is -0.311 e. The maximum atomic E-state index is 11.2. The van der Waals surface area contributed by atoms with Gasteiger partial charge in [0.15, 0.2) is 0 Å². The lowest BCUT2D eigenvalue weighted by Gasteiger charge is -2.13. The minimum atomic E-state index is 0.00647. The number of Topliss-reactive ketones (excluding diaryl/α,β-unsaturated/α-hetero) is 2. The number of rotatable bonds is 12. The van der Waals surface area contributed by atoms with Crippen molar-refractivity contribution in [2.45, 2.75) is 65.5 Å². The third-order valence-electron chi connectivity index (χ3n) is 3.24. The van der Waals surface area contributed by atoms with E-state index >= 15 is 0 Å². The van der Waals surface area contributed by atoms with Crippen molar-refractivity contribution in [2.24, 2.45) is 0 Å². The summed E-state index contributed by atoms with van der Waals surface area (Å²) in [7, 11) is 3.66. The summed E-state index contributed by atoms with van der Waals surface area (Å²) in [5.74, 6) is 2.59. The van der Waals surface area contributed by atoms with Crippen LogP contribution < -0.4 is 10.6 Å². The van der Waals surface area contributed by atoms with E-state index in [1.165, 1.54) is 0 Å². The fourth-order valence-electron chi connectivity index (χ4n) is 1.98. The Labute approximate surface area is 135 Å². The van der Waals surface area contributed by atoms with E-state index in [4.69, 9.17) is 0 Å². The molecule has 0 aromatic rings. The molecule has 0 amide bonds. The second kappa shape index (κ2) is 16.0. The van der Waals surface area contributed by atoms with Crippen molar-refractivity contribution < 1.29 is 9.59 Å². The highest BCUT2D eigenvalue weighted by Crippen LogP contribution is 2.11. The second-order valence-corrected chi connectivity index (χ2v) is 6.03. The molecule has 0 radical (unpaired) electrons. The Hall–Kier alpha value is -0.390. The Balaban J connectivity index is 0. The van der Waals surface area contributed by atoms with Crippen molar-refractivity contribution in [3.63, 3.8) is 0 Å². The Morgan fingerprint density at radius 2 is 1.19 bits per heavy atom. The van der Waals surface area contributed by atoms with Gasteiger partial charge in [0.25, 0.3) is 0 Å². The van der Waals surface area contributed by atoms with Crippen molar-refractivity contribution in [3.8, 4) is 0 Å². The molecule has 0 aliphatic carbocycles. The van der Waals surface area contributed by atoms with E-state index in [9.17, 15) is 9.59 Å². The molecular formula is C16H34N2O2S. The van der Waals surface area contributed by atoms with Gasteiger partial charge in [-0.1, -0.05) is 13.8 Å². The van der Waals surface area contributed by atoms with Gasteiger partial charge in [-0.05, 0) is 65.1 Å². The Kier molecular flexibility index (Phi) is 17.4. The summed E-state index contributed by atoms with van der Waals surface area (Å²) in [6, 6.07) is 0.0129. The first kappa shape index (κ1) is 22.9. The molecule has 2 atom stereocenters. The zero-order chi connectivity index (χ0) is 16.7. The van der Waals surface area contributed by atoms with E-state index in [-0.39, 0.29) is 23.7 Å². The summed E-state index contributed by atoms with van der Waals surface area (Å²) in [6.07, 6.45) is 3.92. The standard InChI is InChI=1S/C14H28N2O2S.C2H6/c1-11(17)13(15-3)7-5-9-19-10-6-8-14(16-4)12(2)18;1-2/h13-16H,5-10H2,1-4H3;1-2H3. The van der Waals surface area contributed by atoms with Gasteiger partial charge >= 0.3 is 0 Å². The zero-order valence-electron chi connectivity index (χ0n) is 14.6. The van der Waals surface area contributed by atoms with Crippen molar-refractivity contribution in [2.75, 3.05) is 25.6 Å². The van der Waals surface area contributed by atoms with E-state index < -0.39 is 0 Å². The maximum Gasteiger partial charge on any atom is 0.146 e. The van der Waals surface area contributed by atoms with Crippen LogP contribution in [0.3, 0.4) is 0 Å². The number of hydrogen-bond donors (Lipinski definition) is 2. The highest BCUT2D eigenvalue weighted by molar-refractivity contribution is 7.99. The van der Waals surface area contributed by atoms with Crippen LogP contribution in [-0.4, -0.2) is 49.3 Å². The fraction of sp³-hybridized carbons (Fsp3) is 0.875. The van der Waals surface area contributed by atoms with Gasteiger partial charge in [-0.3, -0.25) is 9.59 Å². The molecule has 21 heavy (non-hydrogen) atoms. The smallest absolute Gasteiger partial charge is 0.146 e. The fourth-order valence-corrected chi connectivity index (χ4v) is 2.93. The van der Waals surface area contributed by atoms with Gasteiger partial charge in [-0.2, -0.15) is 11.8 Å². The summed E-state index contributed by atoms with van der Waals surface area (Å²) in [5, 5.41) is 6.07. The molecule has 0 fully saturated rings. The molecule has 0 rings (SSSR count). The number of likely N-dealkylation sites (N-methyl/N-ethyl adjacent to an activating group) is 2. The number of nitrogens with one attached hydrogen (secondary N) is 2. The molecule has 2 N–H and O–H groups in total. The van der Waals surface area contributed by atoms with Gasteiger partial charge in [0.05, 0.1) is 12.1 Å². The van der Waals surface area contributed by atoms with Crippen molar-refractivity contribution in [1.29, 1.82) is 0 Å². The van der Waals surface area contributed by atoms with Gasteiger partial charge < -0.3 is 10.6 Å². The first-order valence-corrected chi connectivity index (χ1v) is 9.11. The van der Waals surface area contributed by atoms with Crippen LogP contribution in [0.2, 0.25) is 0 Å². The molecule has 5 heteroatoms. The Morgan fingerprint density at radius 3 is 1.43 bits per heavy atom. The lowest BCUT2D eigenvalue weighted by atomic mass is 10.1. The first-order valence-electron chi connectivity index (χ1n) is 7.96. The topological polar surface area (TPSA) is 58.2 Å². The zero-order valence-corrected chi connectivity index (χ0v) is 15.4. The molecule has 0 aromatic carbocycles. The van der Waals surface area contributed by atoms with Gasteiger partial charge in [0.2, 0.25) is 0 Å². The summed E-state index contributed by atoms with van der Waals surface area (Å²) >= 11 is 1.90. The molecule has 0 aliphatic heterocycles. The van der Waals surface area contributed by atoms with Gasteiger partial charge in [0.1, 0.15) is 11.6 Å². The molecule has 0 aliphatic rings. The van der Waals surface area contributed by atoms with Crippen LogP contribution in [0.4, 0.5) is 0 Å². The van der Waals surface area contributed by atoms with Gasteiger partial charge in [-0.15, -0.1) is 0 Å². The predicted octanol–water partition coefficient (Wildman–Crippen LogP) is 2.66. The average molecular weight is 319 g/mol. The van der Waals surface area contributed by atoms with Crippen LogP contribution >= 0.6 is 11.8 Å². The maximum absolute atomic E-state index is 11.2. The summed E-state index contributed by atoms with van der Waals surface area (Å²) in [4.78, 5) is 22.4. The number of carbonyl (C=O) groups excluding carboxylic acids is 2. The SMILES string of the molecule is CC.CNC(CCCSCCCC(NC)C(C)=O)C(C)=O. The van der Waals surface area contributed by atoms with Crippen LogP contribution in [0.15, 0.2) is 0 Å². The van der Waals surface area contributed by atoms with Gasteiger partial charge in [0, 0.05) is 0 Å². The molecule has 0 spiro atoms. The number of carbonyl (C=O) groups is 2. The third-order valence-corrected chi connectivity index (χ3v) is 4.40. The molecule has 0 saturated carbocycles. The molecule has 0 aromatic heterocycles. The molecule has 0 heterocycles. The van der Waals surface area contributed by atoms with Crippen LogP contribution in [0.1, 0.15) is 53.4 Å². The largest absolute Gasteiger partial charge is 0.311 e. The van der Waals surface area contributed by atoms with Crippen molar-refractivity contribution in [1.82, 2.24) is 10.6 Å². The lowest BCUT2D eigenvalue weighted by Crippen LogP contribution is -2.32. The number of thioether (sulfide) groups is 1. The van der Waals surface area contributed by atoms with Crippen molar-refractivity contribution in [3.05, 3.63) is 0 Å². The summed E-state index contributed by atoms with van der Waals surface area (Å²) < 4.78 is 0. The quantitative estimate of drug-likeness (QED) is 0.542. The molecule has 0 saturated heterocycles. The second-order valence-electron chi connectivity index (χ2n) is 4.80. The Morgan fingerprint density at radius 1 is 0.857 bits per heavy atom. The minimum absolute atomic E-state index is 0.00647. The Bertz CT molecular complexity index is 247. The van der Waals surface area contributed by atoms with E-state index in [0.29, 0.717) is 0 Å². The lowest BCUT2D eigenvalue weighted by molar-refractivity contribution is -0.119. The highest BCUT2D eigenvalue weighted by Gasteiger charge is 2.11.